The van der Waals surface area contributed by atoms with E-state index in [-0.39, 0.29) is 0 Å². The van der Waals surface area contributed by atoms with Gasteiger partial charge in [0.15, 0.2) is 0 Å². The second kappa shape index (κ2) is 4.44. The summed E-state index contributed by atoms with van der Waals surface area (Å²) in [5, 5.41) is 10.7. The van der Waals surface area contributed by atoms with E-state index in [1.165, 1.54) is 0 Å². The number of hydrogen-bond donors (Lipinski definition) is 1. The van der Waals surface area contributed by atoms with Gasteiger partial charge in [-0.15, -0.1) is 0 Å². The van der Waals surface area contributed by atoms with Gasteiger partial charge in [-0.25, -0.2) is 0 Å². The maximum absolute atomic E-state index is 10.7. The first-order valence-corrected chi connectivity index (χ1v) is 5.97. The molecule has 0 saturated heterocycles. The number of aliphatic hydroxyl groups is 1. The zero-order chi connectivity index (χ0) is 11.6. The van der Waals surface area contributed by atoms with Crippen LogP contribution in [0.4, 0.5) is 0 Å². The van der Waals surface area contributed by atoms with Crippen molar-refractivity contribution < 1.29 is 9.52 Å². The topological polar surface area (TPSA) is 33.4 Å². The Kier molecular flexibility index (Phi) is 3.17. The molecule has 2 aromatic rings. The van der Waals surface area contributed by atoms with Crippen molar-refractivity contribution in [3.05, 3.63) is 58.5 Å². The third-order valence-corrected chi connectivity index (χ3v) is 3.31. The second-order valence-electron chi connectivity index (χ2n) is 3.74. The van der Waals surface area contributed by atoms with E-state index >= 15 is 0 Å². The summed E-state index contributed by atoms with van der Waals surface area (Å²) in [6.45, 7) is 1.95. The average Bonchev–Trinajstić information content (AvgIpc) is 2.82. The summed E-state index contributed by atoms with van der Waals surface area (Å²) < 4.78 is 6.00. The van der Waals surface area contributed by atoms with E-state index in [0.717, 1.165) is 15.6 Å². The van der Waals surface area contributed by atoms with E-state index in [0.29, 0.717) is 6.42 Å². The number of benzene rings is 1. The van der Waals surface area contributed by atoms with Crippen LogP contribution in [0, 0.1) is 0 Å². The molecular formula is C13H13BrO2. The Morgan fingerprint density at radius 3 is 2.69 bits per heavy atom. The summed E-state index contributed by atoms with van der Waals surface area (Å²) in [4.78, 5) is 0. The minimum atomic E-state index is -0.975. The fraction of sp³-hybridized carbons (Fsp3) is 0.231. The minimum Gasteiger partial charge on any atom is -0.472 e. The molecule has 0 aliphatic rings. The van der Waals surface area contributed by atoms with Gasteiger partial charge < -0.3 is 9.52 Å². The van der Waals surface area contributed by atoms with Crippen LogP contribution in [-0.2, 0) is 5.60 Å². The number of furan rings is 1. The highest BCUT2D eigenvalue weighted by atomic mass is 79.9. The Hall–Kier alpha value is -1.06. The Morgan fingerprint density at radius 1 is 1.31 bits per heavy atom. The summed E-state index contributed by atoms with van der Waals surface area (Å²) in [5.74, 6) is 0. The van der Waals surface area contributed by atoms with Crippen LogP contribution >= 0.6 is 15.9 Å². The van der Waals surface area contributed by atoms with E-state index < -0.39 is 5.60 Å². The van der Waals surface area contributed by atoms with Crippen LogP contribution < -0.4 is 0 Å². The molecule has 3 heteroatoms. The lowest BCUT2D eigenvalue weighted by Gasteiger charge is -2.26. The van der Waals surface area contributed by atoms with Gasteiger partial charge in [-0.05, 0) is 30.2 Å². The predicted octanol–water partition coefficient (Wildman–Crippen LogP) is 3.69. The highest BCUT2D eigenvalue weighted by molar-refractivity contribution is 9.10. The van der Waals surface area contributed by atoms with E-state index in [1.807, 2.05) is 31.2 Å². The molecular weight excluding hydrogens is 268 g/mol. The molecule has 1 N–H and O–H groups in total. The van der Waals surface area contributed by atoms with Gasteiger partial charge in [0, 0.05) is 10.0 Å². The monoisotopic (exact) mass is 280 g/mol. The summed E-state index contributed by atoms with van der Waals surface area (Å²) in [6, 6.07) is 9.50. The Bertz CT molecular complexity index is 465. The average molecular weight is 281 g/mol. The van der Waals surface area contributed by atoms with Gasteiger partial charge in [0.1, 0.15) is 5.60 Å². The molecule has 2 rings (SSSR count). The molecule has 0 radical (unpaired) electrons. The molecule has 84 valence electrons. The fourth-order valence-corrected chi connectivity index (χ4v) is 2.22. The highest BCUT2D eigenvalue weighted by Gasteiger charge is 2.30. The molecule has 1 heterocycles. The number of hydrogen-bond acceptors (Lipinski definition) is 2. The minimum absolute atomic E-state index is 0.600. The van der Waals surface area contributed by atoms with Gasteiger partial charge in [-0.3, -0.25) is 0 Å². The van der Waals surface area contributed by atoms with Gasteiger partial charge in [0.05, 0.1) is 12.5 Å². The van der Waals surface area contributed by atoms with E-state index in [4.69, 9.17) is 4.42 Å². The molecule has 0 spiro atoms. The van der Waals surface area contributed by atoms with E-state index in [1.54, 1.807) is 18.6 Å². The number of rotatable bonds is 3. The van der Waals surface area contributed by atoms with Gasteiger partial charge in [-0.2, -0.15) is 0 Å². The zero-order valence-electron chi connectivity index (χ0n) is 8.98. The standard InChI is InChI=1S/C13H13BrO2/c1-2-13(15,11-6-7-16-9-11)10-4-3-5-12(14)8-10/h3-9,15H,2H2,1H3. The van der Waals surface area contributed by atoms with Crippen LogP contribution in [0.15, 0.2) is 51.7 Å². The third-order valence-electron chi connectivity index (χ3n) is 2.81. The van der Waals surface area contributed by atoms with Crippen molar-refractivity contribution in [3.63, 3.8) is 0 Å². The van der Waals surface area contributed by atoms with E-state index in [2.05, 4.69) is 15.9 Å². The summed E-state index contributed by atoms with van der Waals surface area (Å²) in [6.07, 6.45) is 3.77. The first kappa shape index (κ1) is 11.4. The lowest BCUT2D eigenvalue weighted by Crippen LogP contribution is -2.25. The Morgan fingerprint density at radius 2 is 2.12 bits per heavy atom. The van der Waals surface area contributed by atoms with Crippen LogP contribution in [0.3, 0.4) is 0 Å². The predicted molar refractivity (Wildman–Crippen MR) is 66.1 cm³/mol. The van der Waals surface area contributed by atoms with Gasteiger partial charge in [0.25, 0.3) is 0 Å². The second-order valence-corrected chi connectivity index (χ2v) is 4.65. The molecule has 1 unspecified atom stereocenters. The normalized spacial score (nSPS) is 14.7. The van der Waals surface area contributed by atoms with Crippen LogP contribution in [-0.4, -0.2) is 5.11 Å². The van der Waals surface area contributed by atoms with E-state index in [9.17, 15) is 5.11 Å². The van der Waals surface area contributed by atoms with Crippen LogP contribution in [0.5, 0.6) is 0 Å². The lowest BCUT2D eigenvalue weighted by atomic mass is 9.86. The fourth-order valence-electron chi connectivity index (χ4n) is 1.82. The Labute approximate surface area is 103 Å². The van der Waals surface area contributed by atoms with Crippen LogP contribution in [0.1, 0.15) is 24.5 Å². The molecule has 1 aromatic carbocycles. The molecule has 0 aliphatic carbocycles. The summed E-state index contributed by atoms with van der Waals surface area (Å²) in [7, 11) is 0. The lowest BCUT2D eigenvalue weighted by molar-refractivity contribution is 0.0758. The van der Waals surface area contributed by atoms with Gasteiger partial charge in [0.2, 0.25) is 0 Å². The molecule has 1 atom stereocenters. The molecule has 1 aromatic heterocycles. The van der Waals surface area contributed by atoms with Crippen molar-refractivity contribution in [2.24, 2.45) is 0 Å². The molecule has 0 fully saturated rings. The van der Waals surface area contributed by atoms with Crippen molar-refractivity contribution in [2.75, 3.05) is 0 Å². The maximum atomic E-state index is 10.7. The van der Waals surface area contributed by atoms with Crippen molar-refractivity contribution in [1.29, 1.82) is 0 Å². The molecule has 0 bridgehead atoms. The van der Waals surface area contributed by atoms with Crippen molar-refractivity contribution in [1.82, 2.24) is 0 Å². The molecule has 0 amide bonds. The molecule has 0 saturated carbocycles. The largest absolute Gasteiger partial charge is 0.472 e. The summed E-state index contributed by atoms with van der Waals surface area (Å²) >= 11 is 3.41. The highest BCUT2D eigenvalue weighted by Crippen LogP contribution is 2.34. The van der Waals surface area contributed by atoms with Crippen LogP contribution in [0.25, 0.3) is 0 Å². The third kappa shape index (κ3) is 1.93. The van der Waals surface area contributed by atoms with Crippen molar-refractivity contribution in [3.8, 4) is 0 Å². The summed E-state index contributed by atoms with van der Waals surface area (Å²) in [5.41, 5.74) is 0.676. The van der Waals surface area contributed by atoms with Crippen molar-refractivity contribution in [2.45, 2.75) is 18.9 Å². The Balaban J connectivity index is 2.50. The van der Waals surface area contributed by atoms with Crippen molar-refractivity contribution >= 4 is 15.9 Å². The number of halogens is 1. The molecule has 0 aliphatic heterocycles. The first-order chi connectivity index (χ1) is 7.66. The molecule has 2 nitrogen and oxygen atoms in total. The SMILES string of the molecule is CCC(O)(c1ccoc1)c1cccc(Br)c1. The van der Waals surface area contributed by atoms with Crippen LogP contribution in [0.2, 0.25) is 0 Å². The molecule has 16 heavy (non-hydrogen) atoms. The zero-order valence-corrected chi connectivity index (χ0v) is 10.6. The quantitative estimate of drug-likeness (QED) is 0.930. The van der Waals surface area contributed by atoms with Gasteiger partial charge in [-0.1, -0.05) is 35.0 Å². The first-order valence-electron chi connectivity index (χ1n) is 5.18. The smallest absolute Gasteiger partial charge is 0.117 e. The van der Waals surface area contributed by atoms with Gasteiger partial charge >= 0.3 is 0 Å². The maximum Gasteiger partial charge on any atom is 0.117 e.